The zero-order valence-corrected chi connectivity index (χ0v) is 36.6. The molecule has 0 atom stereocenters. The van der Waals surface area contributed by atoms with Crippen LogP contribution in [0.2, 0.25) is 0 Å². The fraction of sp³-hybridized carbons (Fsp3) is 0.250. The molecule has 4 bridgehead atoms. The van der Waals surface area contributed by atoms with Crippen LogP contribution in [0.4, 0.5) is 22.7 Å². The highest BCUT2D eigenvalue weighted by molar-refractivity contribution is 7.89. The Morgan fingerprint density at radius 2 is 0.633 bits per heavy atom. The second-order valence-corrected chi connectivity index (χ2v) is 20.3. The largest absolute Gasteiger partial charge is 0.351 e. The van der Waals surface area contributed by atoms with Gasteiger partial charge in [0.05, 0.1) is 34.3 Å². The van der Waals surface area contributed by atoms with E-state index < -0.39 is 20.0 Å². The first-order chi connectivity index (χ1) is 28.6. The molecule has 0 aliphatic carbocycles. The van der Waals surface area contributed by atoms with Crippen molar-refractivity contribution in [2.75, 3.05) is 33.2 Å². The zero-order valence-electron chi connectivity index (χ0n) is 34.9. The molecule has 0 fully saturated rings. The molecule has 308 valence electrons. The van der Waals surface area contributed by atoms with Gasteiger partial charge in [-0.25, -0.2) is 16.8 Å². The van der Waals surface area contributed by atoms with Crippen LogP contribution in [0.3, 0.4) is 0 Å². The number of hydrazine groups is 2. The molecule has 6 aromatic carbocycles. The first-order valence-corrected chi connectivity index (χ1v) is 23.2. The lowest BCUT2D eigenvalue weighted by molar-refractivity contribution is 0.390. The molecule has 0 amide bonds. The minimum absolute atomic E-state index is 0.278. The molecule has 4 aliphatic rings. The Hall–Kier alpha value is -5.66. The minimum Gasteiger partial charge on any atom is -0.351 e. The monoisotopic (exact) mass is 838 g/mol. The first-order valence-electron chi connectivity index (χ1n) is 20.3. The number of hydrogen-bond acceptors (Lipinski definition) is 8. The number of fused-ring (bicyclic) bond motifs is 14. The maximum absolute atomic E-state index is 13.7. The second kappa shape index (κ2) is 15.1. The Morgan fingerprint density at radius 1 is 0.350 bits per heavy atom. The van der Waals surface area contributed by atoms with Crippen LogP contribution in [0.5, 0.6) is 0 Å². The topological polar surface area (TPSA) is 87.7 Å². The van der Waals surface area contributed by atoms with E-state index in [0.717, 1.165) is 56.1 Å². The standard InChI is InChI=1S/2C24H25N3O2S/c2*1-17-4-8-22(9-5-17)30(28,29)27-16-25-14-20-12-19(3)7-11-24(20)26(27)15-21-13-18(2)6-10-23(21)25/h2*4-13H,14-16H2,1-3H3. The fourth-order valence-electron chi connectivity index (χ4n) is 8.73. The summed E-state index contributed by atoms with van der Waals surface area (Å²) in [5.74, 6) is 0. The van der Waals surface area contributed by atoms with Crippen molar-refractivity contribution in [3.63, 3.8) is 0 Å². The van der Waals surface area contributed by atoms with Gasteiger partial charge in [-0.2, -0.15) is 0 Å². The van der Waals surface area contributed by atoms with Crippen LogP contribution in [-0.4, -0.2) is 39.0 Å². The normalized spacial score (nSPS) is 16.1. The van der Waals surface area contributed by atoms with Crippen LogP contribution < -0.4 is 19.8 Å². The smallest absolute Gasteiger partial charge is 0.261 e. The molecule has 4 aliphatic heterocycles. The van der Waals surface area contributed by atoms with Crippen molar-refractivity contribution < 1.29 is 16.8 Å². The van der Waals surface area contributed by atoms with Crippen LogP contribution in [0, 0.1) is 41.5 Å². The quantitative estimate of drug-likeness (QED) is 0.174. The van der Waals surface area contributed by atoms with E-state index in [2.05, 4.69) is 98.2 Å². The summed E-state index contributed by atoms with van der Waals surface area (Å²) in [6.45, 7) is 15.1. The van der Waals surface area contributed by atoms with Crippen LogP contribution >= 0.6 is 0 Å². The summed E-state index contributed by atoms with van der Waals surface area (Å²) in [5, 5.41) is 3.88. The molecule has 4 heterocycles. The third kappa shape index (κ3) is 7.21. The summed E-state index contributed by atoms with van der Waals surface area (Å²) in [5.41, 5.74) is 15.4. The first kappa shape index (κ1) is 39.8. The van der Waals surface area contributed by atoms with E-state index in [0.29, 0.717) is 36.0 Å². The van der Waals surface area contributed by atoms with Crippen LogP contribution in [0.1, 0.15) is 55.6 Å². The summed E-state index contributed by atoms with van der Waals surface area (Å²) >= 11 is 0. The molecular formula is C48H50N6O4S2. The SMILES string of the molecule is Cc1ccc(S(=O)(=O)N2CN3Cc4cc(C)ccc4N2Cc2cc(C)ccc23)cc1.Cc1ccc(S(=O)(=O)N2CN3Cc4cc(C)ccc4N2Cc2cc(C)ccc23)cc1. The lowest BCUT2D eigenvalue weighted by Crippen LogP contribution is -2.48. The molecule has 10 rings (SSSR count). The minimum atomic E-state index is -3.72. The molecule has 0 unspecified atom stereocenters. The molecule has 0 spiro atoms. The van der Waals surface area contributed by atoms with Crippen molar-refractivity contribution in [1.82, 2.24) is 8.83 Å². The molecule has 60 heavy (non-hydrogen) atoms. The molecule has 0 aromatic heterocycles. The fourth-order valence-corrected chi connectivity index (χ4v) is 11.6. The van der Waals surface area contributed by atoms with Gasteiger partial charge in [-0.15, -0.1) is 0 Å². The number of nitrogens with zero attached hydrogens (tertiary/aromatic N) is 6. The van der Waals surface area contributed by atoms with Gasteiger partial charge in [-0.1, -0.05) is 115 Å². The Morgan fingerprint density at radius 3 is 0.967 bits per heavy atom. The van der Waals surface area contributed by atoms with Crippen LogP contribution in [0.15, 0.2) is 131 Å². The van der Waals surface area contributed by atoms with Gasteiger partial charge in [0, 0.05) is 24.5 Å². The summed E-state index contributed by atoms with van der Waals surface area (Å²) in [6, 6.07) is 39.5. The van der Waals surface area contributed by atoms with Crippen molar-refractivity contribution >= 4 is 42.8 Å². The Labute approximate surface area is 354 Å². The molecule has 0 radical (unpaired) electrons. The van der Waals surface area contributed by atoms with Crippen molar-refractivity contribution in [2.45, 2.75) is 77.5 Å². The highest BCUT2D eigenvalue weighted by Crippen LogP contribution is 2.41. The maximum Gasteiger partial charge on any atom is 0.261 e. The van der Waals surface area contributed by atoms with E-state index in [1.165, 1.54) is 31.1 Å². The zero-order chi connectivity index (χ0) is 42.1. The summed E-state index contributed by atoms with van der Waals surface area (Å²) in [6.07, 6.45) is 0. The van der Waals surface area contributed by atoms with Crippen molar-refractivity contribution in [3.05, 3.63) is 177 Å². The van der Waals surface area contributed by atoms with Crippen LogP contribution in [-0.2, 0) is 46.2 Å². The molecule has 0 saturated heterocycles. The Kier molecular flexibility index (Phi) is 10.0. The number of benzene rings is 6. The van der Waals surface area contributed by atoms with Crippen molar-refractivity contribution in [3.8, 4) is 0 Å². The Bertz CT molecular complexity index is 2670. The molecule has 0 N–H and O–H groups in total. The highest BCUT2D eigenvalue weighted by atomic mass is 32.2. The van der Waals surface area contributed by atoms with Gasteiger partial charge in [0.2, 0.25) is 0 Å². The third-order valence-corrected chi connectivity index (χ3v) is 15.3. The summed E-state index contributed by atoms with van der Waals surface area (Å²) < 4.78 is 58.1. The molecule has 6 aromatic rings. The number of rotatable bonds is 4. The average molecular weight is 839 g/mol. The molecule has 0 saturated carbocycles. The summed E-state index contributed by atoms with van der Waals surface area (Å²) in [4.78, 5) is 4.98. The van der Waals surface area contributed by atoms with E-state index in [9.17, 15) is 16.8 Å². The van der Waals surface area contributed by atoms with E-state index in [1.54, 1.807) is 24.3 Å². The molecule has 12 heteroatoms. The number of hydrogen-bond donors (Lipinski definition) is 0. The van der Waals surface area contributed by atoms with Gasteiger partial charge in [-0.3, -0.25) is 10.0 Å². The van der Waals surface area contributed by atoms with Gasteiger partial charge in [0.25, 0.3) is 20.0 Å². The summed E-state index contributed by atoms with van der Waals surface area (Å²) in [7, 11) is -7.44. The third-order valence-electron chi connectivity index (χ3n) is 11.9. The van der Waals surface area contributed by atoms with Crippen molar-refractivity contribution in [1.29, 1.82) is 0 Å². The second-order valence-electron chi connectivity index (χ2n) is 16.6. The van der Waals surface area contributed by atoms with E-state index in [-0.39, 0.29) is 13.3 Å². The molecular weight excluding hydrogens is 789 g/mol. The molecule has 10 nitrogen and oxygen atoms in total. The lowest BCUT2D eigenvalue weighted by Gasteiger charge is -2.33. The predicted molar refractivity (Wildman–Crippen MR) is 240 cm³/mol. The van der Waals surface area contributed by atoms with E-state index in [4.69, 9.17) is 0 Å². The van der Waals surface area contributed by atoms with Gasteiger partial charge < -0.3 is 9.80 Å². The van der Waals surface area contributed by atoms with Crippen molar-refractivity contribution in [2.24, 2.45) is 0 Å². The number of anilines is 4. The maximum atomic E-state index is 13.7. The van der Waals surface area contributed by atoms with Gasteiger partial charge in [0.15, 0.2) is 0 Å². The van der Waals surface area contributed by atoms with Crippen LogP contribution in [0.25, 0.3) is 0 Å². The van der Waals surface area contributed by atoms with E-state index in [1.807, 2.05) is 60.3 Å². The number of aryl methyl sites for hydroxylation is 6. The lowest BCUT2D eigenvalue weighted by atomic mass is 10.0. The van der Waals surface area contributed by atoms with E-state index >= 15 is 0 Å². The van der Waals surface area contributed by atoms with Gasteiger partial charge in [0.1, 0.15) is 13.3 Å². The highest BCUT2D eigenvalue weighted by Gasteiger charge is 2.40. The number of sulfonamides is 2. The average Bonchev–Trinajstić information content (AvgIpc) is 3.61. The van der Waals surface area contributed by atoms with Gasteiger partial charge in [-0.05, 0) is 112 Å². The van der Waals surface area contributed by atoms with Gasteiger partial charge >= 0.3 is 0 Å². The Balaban J connectivity index is 0.000000154. The predicted octanol–water partition coefficient (Wildman–Crippen LogP) is 9.03.